The van der Waals surface area contributed by atoms with Gasteiger partial charge in [0.2, 0.25) is 11.8 Å². The number of hydrazine groups is 1. The molecular weight excluding hydrogens is 170 g/mol. The zero-order valence-corrected chi connectivity index (χ0v) is 7.69. The number of primary amides is 1. The molecule has 1 heterocycles. The molecule has 5 nitrogen and oxygen atoms in total. The Hall–Kier alpha value is -1.10. The molecule has 2 amide bonds. The van der Waals surface area contributed by atoms with Crippen LogP contribution in [-0.2, 0) is 9.59 Å². The molecular formula is C8H15N3O2. The average molecular weight is 185 g/mol. The van der Waals surface area contributed by atoms with Crippen LogP contribution in [0.5, 0.6) is 0 Å². The molecule has 0 aromatic carbocycles. The number of nitrogens with two attached hydrogens (primary N) is 2. The molecule has 1 aliphatic rings. The Morgan fingerprint density at radius 1 is 1.69 bits per heavy atom. The van der Waals surface area contributed by atoms with Crippen molar-refractivity contribution in [3.63, 3.8) is 0 Å². The van der Waals surface area contributed by atoms with Crippen LogP contribution in [0.25, 0.3) is 0 Å². The average Bonchev–Trinajstić information content (AvgIpc) is 2.08. The van der Waals surface area contributed by atoms with Gasteiger partial charge in [0.15, 0.2) is 0 Å². The first kappa shape index (κ1) is 9.98. The van der Waals surface area contributed by atoms with E-state index >= 15 is 0 Å². The number of hydrogen-bond acceptors (Lipinski definition) is 3. The summed E-state index contributed by atoms with van der Waals surface area (Å²) in [6.07, 6.45) is 1.54. The van der Waals surface area contributed by atoms with E-state index in [9.17, 15) is 9.59 Å². The first-order chi connectivity index (χ1) is 6.04. The zero-order valence-electron chi connectivity index (χ0n) is 7.69. The van der Waals surface area contributed by atoms with Crippen LogP contribution in [0.3, 0.4) is 0 Å². The van der Waals surface area contributed by atoms with E-state index in [0.717, 1.165) is 6.42 Å². The number of amides is 2. The largest absolute Gasteiger partial charge is 0.369 e. The molecule has 0 radical (unpaired) electrons. The third-order valence-electron chi connectivity index (χ3n) is 2.57. The molecule has 1 aliphatic heterocycles. The molecule has 1 saturated heterocycles. The third kappa shape index (κ3) is 1.98. The maximum absolute atomic E-state index is 11.5. The lowest BCUT2D eigenvalue weighted by atomic mass is 9.86. The fraction of sp³-hybridized carbons (Fsp3) is 0.750. The van der Waals surface area contributed by atoms with Gasteiger partial charge in [-0.2, -0.15) is 0 Å². The summed E-state index contributed by atoms with van der Waals surface area (Å²) >= 11 is 0. The van der Waals surface area contributed by atoms with E-state index < -0.39 is 11.8 Å². The molecule has 0 spiro atoms. The summed E-state index contributed by atoms with van der Waals surface area (Å²) in [6, 6.07) is 0. The quantitative estimate of drug-likeness (QED) is 0.437. The number of carbonyl (C=O) groups excluding carboxylic acids is 2. The maximum atomic E-state index is 11.5. The second-order valence-corrected chi connectivity index (χ2v) is 3.47. The lowest BCUT2D eigenvalue weighted by Crippen LogP contribution is -2.49. The summed E-state index contributed by atoms with van der Waals surface area (Å²) < 4.78 is 0. The van der Waals surface area contributed by atoms with E-state index in [-0.39, 0.29) is 11.8 Å². The van der Waals surface area contributed by atoms with Crippen molar-refractivity contribution >= 4 is 11.8 Å². The SMILES string of the molecule is C[C@H](C(N)=O)[C@@H]1CCCN(N)C1=O. The van der Waals surface area contributed by atoms with E-state index in [1.165, 1.54) is 5.01 Å². The minimum absolute atomic E-state index is 0.169. The molecule has 0 unspecified atom stereocenters. The molecule has 74 valence electrons. The summed E-state index contributed by atoms with van der Waals surface area (Å²) in [6.45, 7) is 2.24. The van der Waals surface area contributed by atoms with Crippen molar-refractivity contribution in [2.24, 2.45) is 23.4 Å². The number of carbonyl (C=O) groups is 2. The molecule has 0 aliphatic carbocycles. The van der Waals surface area contributed by atoms with Gasteiger partial charge < -0.3 is 5.73 Å². The maximum Gasteiger partial charge on any atom is 0.240 e. The van der Waals surface area contributed by atoms with Crippen molar-refractivity contribution in [3.8, 4) is 0 Å². The highest BCUT2D eigenvalue weighted by Gasteiger charge is 2.33. The highest BCUT2D eigenvalue weighted by Crippen LogP contribution is 2.23. The van der Waals surface area contributed by atoms with Crippen molar-refractivity contribution < 1.29 is 9.59 Å². The Balaban J connectivity index is 2.68. The normalized spacial score (nSPS) is 25.8. The van der Waals surface area contributed by atoms with Gasteiger partial charge in [-0.3, -0.25) is 14.6 Å². The number of nitrogens with zero attached hydrogens (tertiary/aromatic N) is 1. The van der Waals surface area contributed by atoms with Crippen molar-refractivity contribution in [3.05, 3.63) is 0 Å². The number of piperidine rings is 1. The fourth-order valence-electron chi connectivity index (χ4n) is 1.59. The molecule has 0 aromatic rings. The van der Waals surface area contributed by atoms with Crippen molar-refractivity contribution in [2.45, 2.75) is 19.8 Å². The van der Waals surface area contributed by atoms with Crippen LogP contribution < -0.4 is 11.6 Å². The molecule has 4 N–H and O–H groups in total. The predicted molar refractivity (Wildman–Crippen MR) is 47.0 cm³/mol. The summed E-state index contributed by atoms with van der Waals surface area (Å²) in [7, 11) is 0. The van der Waals surface area contributed by atoms with E-state index in [4.69, 9.17) is 11.6 Å². The van der Waals surface area contributed by atoms with Gasteiger partial charge in [-0.25, -0.2) is 5.84 Å². The standard InChI is InChI=1S/C8H15N3O2/c1-5(7(9)12)6-3-2-4-11(10)8(6)13/h5-6H,2-4,10H2,1H3,(H2,9,12)/t5-,6-/m0/s1. The smallest absolute Gasteiger partial charge is 0.240 e. The van der Waals surface area contributed by atoms with E-state index in [2.05, 4.69) is 0 Å². The van der Waals surface area contributed by atoms with Crippen LogP contribution in [-0.4, -0.2) is 23.4 Å². The van der Waals surface area contributed by atoms with E-state index in [1.54, 1.807) is 6.92 Å². The number of hydrogen-bond donors (Lipinski definition) is 2. The van der Waals surface area contributed by atoms with Crippen LogP contribution in [0.15, 0.2) is 0 Å². The molecule has 0 aromatic heterocycles. The topological polar surface area (TPSA) is 89.4 Å². The minimum atomic E-state index is -0.436. The Kier molecular flexibility index (Phi) is 2.87. The van der Waals surface area contributed by atoms with Crippen LogP contribution >= 0.6 is 0 Å². The van der Waals surface area contributed by atoms with Crippen LogP contribution in [0.4, 0.5) is 0 Å². The van der Waals surface area contributed by atoms with Gasteiger partial charge in [0.05, 0.1) is 5.92 Å². The Morgan fingerprint density at radius 3 is 2.85 bits per heavy atom. The zero-order chi connectivity index (χ0) is 10.0. The highest BCUT2D eigenvalue weighted by atomic mass is 16.2. The molecule has 1 rings (SSSR count). The van der Waals surface area contributed by atoms with Crippen molar-refractivity contribution in [1.82, 2.24) is 5.01 Å². The summed E-state index contributed by atoms with van der Waals surface area (Å²) in [5, 5.41) is 1.17. The van der Waals surface area contributed by atoms with Gasteiger partial charge in [-0.15, -0.1) is 0 Å². The van der Waals surface area contributed by atoms with Gasteiger partial charge in [0.1, 0.15) is 0 Å². The fourth-order valence-corrected chi connectivity index (χ4v) is 1.59. The molecule has 13 heavy (non-hydrogen) atoms. The molecule has 0 bridgehead atoms. The van der Waals surface area contributed by atoms with Crippen LogP contribution in [0.2, 0.25) is 0 Å². The minimum Gasteiger partial charge on any atom is -0.369 e. The van der Waals surface area contributed by atoms with Crippen LogP contribution in [0.1, 0.15) is 19.8 Å². The van der Waals surface area contributed by atoms with Gasteiger partial charge >= 0.3 is 0 Å². The Labute approximate surface area is 77.0 Å². The molecule has 0 saturated carbocycles. The van der Waals surface area contributed by atoms with E-state index in [0.29, 0.717) is 13.0 Å². The van der Waals surface area contributed by atoms with Crippen molar-refractivity contribution in [2.75, 3.05) is 6.54 Å². The van der Waals surface area contributed by atoms with Gasteiger partial charge in [0.25, 0.3) is 0 Å². The summed E-state index contributed by atoms with van der Waals surface area (Å²) in [5.74, 6) is 4.09. The second kappa shape index (κ2) is 3.74. The van der Waals surface area contributed by atoms with Gasteiger partial charge in [-0.05, 0) is 12.8 Å². The lowest BCUT2D eigenvalue weighted by Gasteiger charge is -2.30. The monoisotopic (exact) mass is 185 g/mol. The highest BCUT2D eigenvalue weighted by molar-refractivity contribution is 5.86. The number of rotatable bonds is 2. The van der Waals surface area contributed by atoms with Crippen LogP contribution in [0, 0.1) is 11.8 Å². The first-order valence-electron chi connectivity index (χ1n) is 4.39. The van der Waals surface area contributed by atoms with Gasteiger partial charge in [-0.1, -0.05) is 6.92 Å². The molecule has 2 atom stereocenters. The Morgan fingerprint density at radius 2 is 2.31 bits per heavy atom. The van der Waals surface area contributed by atoms with Crippen molar-refractivity contribution in [1.29, 1.82) is 0 Å². The summed E-state index contributed by atoms with van der Waals surface area (Å²) in [4.78, 5) is 22.3. The lowest BCUT2D eigenvalue weighted by molar-refractivity contribution is -0.144. The molecule has 5 heteroatoms. The second-order valence-electron chi connectivity index (χ2n) is 3.47. The summed E-state index contributed by atoms with van der Waals surface area (Å²) in [5.41, 5.74) is 5.12. The molecule has 1 fully saturated rings. The Bertz CT molecular complexity index is 229. The first-order valence-corrected chi connectivity index (χ1v) is 4.39. The predicted octanol–water partition coefficient (Wildman–Crippen LogP) is -0.780. The van der Waals surface area contributed by atoms with E-state index in [1.807, 2.05) is 0 Å². The van der Waals surface area contributed by atoms with Gasteiger partial charge in [0, 0.05) is 12.5 Å². The third-order valence-corrected chi connectivity index (χ3v) is 2.57.